The first-order chi connectivity index (χ1) is 7.22. The van der Waals surface area contributed by atoms with E-state index < -0.39 is 6.04 Å². The first-order valence-electron chi connectivity index (χ1n) is 4.39. The molecule has 0 bridgehead atoms. The summed E-state index contributed by atoms with van der Waals surface area (Å²) in [7, 11) is 0. The molecule has 1 rings (SSSR count). The maximum Gasteiger partial charge on any atom is 0.103 e. The van der Waals surface area contributed by atoms with Gasteiger partial charge in [0.05, 0.1) is 30.5 Å². The van der Waals surface area contributed by atoms with Gasteiger partial charge in [0, 0.05) is 4.47 Å². The van der Waals surface area contributed by atoms with Gasteiger partial charge in [0.1, 0.15) is 6.07 Å². The second-order valence-electron chi connectivity index (χ2n) is 2.98. The van der Waals surface area contributed by atoms with Crippen LogP contribution >= 0.6 is 15.9 Å². The Balaban J connectivity index is 2.95. The SMILES string of the molecule is N#Cc1c(Br)cccc1NC(CO)CO. The molecular weight excluding hydrogens is 260 g/mol. The average Bonchev–Trinajstić information content (AvgIpc) is 2.26. The number of halogens is 1. The van der Waals surface area contributed by atoms with E-state index in [0.29, 0.717) is 15.7 Å². The van der Waals surface area contributed by atoms with Crippen LogP contribution in [0.3, 0.4) is 0 Å². The van der Waals surface area contributed by atoms with E-state index in [1.165, 1.54) is 0 Å². The van der Waals surface area contributed by atoms with Crippen molar-refractivity contribution in [1.29, 1.82) is 5.26 Å². The fourth-order valence-electron chi connectivity index (χ4n) is 1.13. The van der Waals surface area contributed by atoms with Crippen LogP contribution in [0, 0.1) is 11.3 Å². The lowest BCUT2D eigenvalue weighted by Gasteiger charge is -2.16. The van der Waals surface area contributed by atoms with E-state index >= 15 is 0 Å². The van der Waals surface area contributed by atoms with Crippen molar-refractivity contribution in [3.05, 3.63) is 28.2 Å². The van der Waals surface area contributed by atoms with Crippen LogP contribution in [0.15, 0.2) is 22.7 Å². The van der Waals surface area contributed by atoms with E-state index in [1.807, 2.05) is 6.07 Å². The Hall–Kier alpha value is -1.09. The van der Waals surface area contributed by atoms with Gasteiger partial charge in [0.2, 0.25) is 0 Å². The lowest BCUT2D eigenvalue weighted by molar-refractivity contribution is 0.204. The Bertz CT molecular complexity index is 372. The summed E-state index contributed by atoms with van der Waals surface area (Å²) in [4.78, 5) is 0. The van der Waals surface area contributed by atoms with E-state index in [4.69, 9.17) is 15.5 Å². The molecule has 4 nitrogen and oxygen atoms in total. The molecule has 0 aliphatic carbocycles. The van der Waals surface area contributed by atoms with Gasteiger partial charge in [-0.25, -0.2) is 0 Å². The van der Waals surface area contributed by atoms with Crippen molar-refractivity contribution >= 4 is 21.6 Å². The summed E-state index contributed by atoms with van der Waals surface area (Å²) >= 11 is 3.25. The zero-order chi connectivity index (χ0) is 11.3. The molecule has 0 spiro atoms. The van der Waals surface area contributed by atoms with Crippen molar-refractivity contribution in [3.63, 3.8) is 0 Å². The molecule has 0 aliphatic heterocycles. The number of aliphatic hydroxyl groups is 2. The molecule has 0 saturated carbocycles. The summed E-state index contributed by atoms with van der Waals surface area (Å²) in [6.07, 6.45) is 0. The fourth-order valence-corrected chi connectivity index (χ4v) is 1.58. The van der Waals surface area contributed by atoms with Gasteiger partial charge in [-0.3, -0.25) is 0 Å². The molecule has 0 atom stereocenters. The predicted molar refractivity (Wildman–Crippen MR) is 60.4 cm³/mol. The third-order valence-electron chi connectivity index (χ3n) is 1.93. The maximum atomic E-state index is 8.91. The molecule has 1 aromatic rings. The van der Waals surface area contributed by atoms with E-state index in [0.717, 1.165) is 0 Å². The molecule has 15 heavy (non-hydrogen) atoms. The number of hydrogen-bond donors (Lipinski definition) is 3. The zero-order valence-corrected chi connectivity index (χ0v) is 9.53. The van der Waals surface area contributed by atoms with E-state index in [9.17, 15) is 0 Å². The Kier molecular flexibility index (Phi) is 4.56. The van der Waals surface area contributed by atoms with Gasteiger partial charge in [-0.2, -0.15) is 5.26 Å². The van der Waals surface area contributed by atoms with Crippen molar-refractivity contribution in [1.82, 2.24) is 0 Å². The van der Waals surface area contributed by atoms with Crippen LogP contribution in [-0.4, -0.2) is 29.5 Å². The zero-order valence-electron chi connectivity index (χ0n) is 7.94. The lowest BCUT2D eigenvalue weighted by atomic mass is 10.2. The molecule has 80 valence electrons. The highest BCUT2D eigenvalue weighted by Crippen LogP contribution is 2.24. The first-order valence-corrected chi connectivity index (χ1v) is 5.19. The molecule has 0 amide bonds. The first kappa shape index (κ1) is 12.0. The Labute approximate surface area is 96.3 Å². The number of rotatable bonds is 4. The molecule has 0 aromatic heterocycles. The third kappa shape index (κ3) is 2.93. The highest BCUT2D eigenvalue weighted by atomic mass is 79.9. The largest absolute Gasteiger partial charge is 0.394 e. The van der Waals surface area contributed by atoms with Gasteiger partial charge < -0.3 is 15.5 Å². The molecule has 0 aliphatic rings. The molecule has 0 unspecified atom stereocenters. The Morgan fingerprint density at radius 3 is 2.60 bits per heavy atom. The van der Waals surface area contributed by atoms with E-state index in [2.05, 4.69) is 21.2 Å². The highest BCUT2D eigenvalue weighted by molar-refractivity contribution is 9.10. The Morgan fingerprint density at radius 2 is 2.07 bits per heavy atom. The summed E-state index contributed by atoms with van der Waals surface area (Å²) in [5.41, 5.74) is 1.06. The van der Waals surface area contributed by atoms with E-state index in [-0.39, 0.29) is 13.2 Å². The van der Waals surface area contributed by atoms with Crippen LogP contribution in [0.25, 0.3) is 0 Å². The van der Waals surface area contributed by atoms with Crippen LogP contribution in [0.5, 0.6) is 0 Å². The standard InChI is InChI=1S/C10H11BrN2O2/c11-9-2-1-3-10(8(9)4-12)13-7(5-14)6-15/h1-3,7,13-15H,5-6H2. The topological polar surface area (TPSA) is 76.3 Å². The second kappa shape index (κ2) is 5.71. The summed E-state index contributed by atoms with van der Waals surface area (Å²) in [6, 6.07) is 6.85. The van der Waals surface area contributed by atoms with Gasteiger partial charge in [0.25, 0.3) is 0 Å². The molecule has 0 fully saturated rings. The fraction of sp³-hybridized carbons (Fsp3) is 0.300. The maximum absolute atomic E-state index is 8.91. The number of anilines is 1. The summed E-state index contributed by atoms with van der Waals surface area (Å²) in [5.74, 6) is 0. The van der Waals surface area contributed by atoms with Crippen molar-refractivity contribution in [2.45, 2.75) is 6.04 Å². The number of hydrogen-bond acceptors (Lipinski definition) is 4. The third-order valence-corrected chi connectivity index (χ3v) is 2.59. The van der Waals surface area contributed by atoms with Gasteiger partial charge in [0.15, 0.2) is 0 Å². The van der Waals surface area contributed by atoms with Crippen molar-refractivity contribution in [2.24, 2.45) is 0 Å². The van der Waals surface area contributed by atoms with Crippen LogP contribution in [0.4, 0.5) is 5.69 Å². The molecule has 0 radical (unpaired) electrons. The molecule has 0 heterocycles. The quantitative estimate of drug-likeness (QED) is 0.766. The number of nitrogens with zero attached hydrogens (tertiary/aromatic N) is 1. The van der Waals surface area contributed by atoms with Gasteiger partial charge >= 0.3 is 0 Å². The van der Waals surface area contributed by atoms with E-state index in [1.54, 1.807) is 18.2 Å². The summed E-state index contributed by atoms with van der Waals surface area (Å²) in [6.45, 7) is -0.373. The van der Waals surface area contributed by atoms with Crippen LogP contribution in [0.2, 0.25) is 0 Å². The normalized spacial score (nSPS) is 10.1. The highest BCUT2D eigenvalue weighted by Gasteiger charge is 2.10. The van der Waals surface area contributed by atoms with Crippen molar-refractivity contribution in [3.8, 4) is 6.07 Å². The molecule has 1 aromatic carbocycles. The molecular formula is C10H11BrN2O2. The average molecular weight is 271 g/mol. The minimum atomic E-state index is -0.452. The number of benzene rings is 1. The second-order valence-corrected chi connectivity index (χ2v) is 3.83. The summed E-state index contributed by atoms with van der Waals surface area (Å²) in [5, 5.41) is 29.6. The summed E-state index contributed by atoms with van der Waals surface area (Å²) < 4.78 is 0.685. The lowest BCUT2D eigenvalue weighted by Crippen LogP contribution is -2.28. The number of nitriles is 1. The smallest absolute Gasteiger partial charge is 0.103 e. The molecule has 5 heteroatoms. The number of aliphatic hydroxyl groups excluding tert-OH is 2. The van der Waals surface area contributed by atoms with Gasteiger partial charge in [-0.05, 0) is 28.1 Å². The number of nitrogens with one attached hydrogen (secondary N) is 1. The van der Waals surface area contributed by atoms with Crippen LogP contribution in [0.1, 0.15) is 5.56 Å². The molecule has 3 N–H and O–H groups in total. The van der Waals surface area contributed by atoms with Crippen molar-refractivity contribution < 1.29 is 10.2 Å². The van der Waals surface area contributed by atoms with Crippen LogP contribution < -0.4 is 5.32 Å². The van der Waals surface area contributed by atoms with Gasteiger partial charge in [-0.1, -0.05) is 6.07 Å². The Morgan fingerprint density at radius 1 is 1.40 bits per heavy atom. The monoisotopic (exact) mass is 270 g/mol. The van der Waals surface area contributed by atoms with Crippen LogP contribution in [-0.2, 0) is 0 Å². The van der Waals surface area contributed by atoms with Crippen molar-refractivity contribution in [2.75, 3.05) is 18.5 Å². The minimum Gasteiger partial charge on any atom is -0.394 e. The minimum absolute atomic E-state index is 0.187. The molecule has 0 saturated heterocycles. The van der Waals surface area contributed by atoms with Gasteiger partial charge in [-0.15, -0.1) is 0 Å². The predicted octanol–water partition coefficient (Wildman–Crippen LogP) is 1.09.